The third-order valence-corrected chi connectivity index (χ3v) is 2.61. The van der Waals surface area contributed by atoms with Crippen molar-refractivity contribution in [2.75, 3.05) is 6.61 Å². The van der Waals surface area contributed by atoms with Crippen LogP contribution in [0.2, 0.25) is 0 Å². The summed E-state index contributed by atoms with van der Waals surface area (Å²) in [7, 11) is 0. The van der Waals surface area contributed by atoms with Gasteiger partial charge in [-0.25, -0.2) is 0 Å². The third-order valence-electron chi connectivity index (χ3n) is 2.61. The summed E-state index contributed by atoms with van der Waals surface area (Å²) in [6, 6.07) is 12.6. The minimum atomic E-state index is -0.888. The van der Waals surface area contributed by atoms with Crippen LogP contribution in [0, 0.1) is 0 Å². The predicted octanol–water partition coefficient (Wildman–Crippen LogP) is 2.66. The SMILES string of the molecule is O=C(O)C(COCc1ccco1)c1ccccc1. The van der Waals surface area contributed by atoms with Gasteiger partial charge in [0.2, 0.25) is 0 Å². The Hall–Kier alpha value is -2.07. The Morgan fingerprint density at radius 1 is 1.22 bits per heavy atom. The van der Waals surface area contributed by atoms with E-state index in [1.54, 1.807) is 30.5 Å². The van der Waals surface area contributed by atoms with Gasteiger partial charge in [-0.1, -0.05) is 30.3 Å². The topological polar surface area (TPSA) is 59.7 Å². The Labute approximate surface area is 105 Å². The predicted molar refractivity (Wildman–Crippen MR) is 65.2 cm³/mol. The van der Waals surface area contributed by atoms with Gasteiger partial charge in [0.15, 0.2) is 0 Å². The average molecular weight is 246 g/mol. The second kappa shape index (κ2) is 6.02. The first kappa shape index (κ1) is 12.4. The smallest absolute Gasteiger partial charge is 0.313 e. The molecule has 0 spiro atoms. The van der Waals surface area contributed by atoms with E-state index in [1.807, 2.05) is 18.2 Å². The van der Waals surface area contributed by atoms with Crippen molar-refractivity contribution in [2.24, 2.45) is 0 Å². The van der Waals surface area contributed by atoms with E-state index in [0.717, 1.165) is 5.56 Å². The van der Waals surface area contributed by atoms with Crippen LogP contribution in [0.5, 0.6) is 0 Å². The first-order chi connectivity index (χ1) is 8.77. The first-order valence-corrected chi connectivity index (χ1v) is 5.65. The second-order valence-corrected chi connectivity index (χ2v) is 3.90. The molecule has 1 heterocycles. The van der Waals surface area contributed by atoms with Crippen molar-refractivity contribution < 1.29 is 19.1 Å². The fourth-order valence-electron chi connectivity index (χ4n) is 1.67. The fourth-order valence-corrected chi connectivity index (χ4v) is 1.67. The van der Waals surface area contributed by atoms with Gasteiger partial charge in [-0.15, -0.1) is 0 Å². The summed E-state index contributed by atoms with van der Waals surface area (Å²) in [5, 5.41) is 9.18. The van der Waals surface area contributed by atoms with E-state index >= 15 is 0 Å². The molecular weight excluding hydrogens is 232 g/mol. The zero-order valence-corrected chi connectivity index (χ0v) is 9.78. The maximum absolute atomic E-state index is 11.2. The summed E-state index contributed by atoms with van der Waals surface area (Å²) < 4.78 is 10.5. The van der Waals surface area contributed by atoms with Gasteiger partial charge in [0, 0.05) is 0 Å². The number of carbonyl (C=O) groups is 1. The molecule has 1 aromatic carbocycles. The molecule has 1 atom stereocenters. The molecule has 0 saturated carbocycles. The zero-order valence-electron chi connectivity index (χ0n) is 9.78. The van der Waals surface area contributed by atoms with Crippen LogP contribution in [0.15, 0.2) is 53.1 Å². The lowest BCUT2D eigenvalue weighted by atomic mass is 10.0. The quantitative estimate of drug-likeness (QED) is 0.851. The molecular formula is C14H14O4. The van der Waals surface area contributed by atoms with E-state index in [1.165, 1.54) is 0 Å². The molecule has 0 aliphatic heterocycles. The van der Waals surface area contributed by atoms with Gasteiger partial charge in [-0.3, -0.25) is 4.79 Å². The number of rotatable bonds is 6. The van der Waals surface area contributed by atoms with Crippen molar-refractivity contribution in [1.82, 2.24) is 0 Å². The van der Waals surface area contributed by atoms with Gasteiger partial charge in [-0.05, 0) is 17.7 Å². The van der Waals surface area contributed by atoms with Crippen LogP contribution in [-0.4, -0.2) is 17.7 Å². The Bertz CT molecular complexity index is 476. The van der Waals surface area contributed by atoms with Crippen LogP contribution < -0.4 is 0 Å². The first-order valence-electron chi connectivity index (χ1n) is 5.65. The van der Waals surface area contributed by atoms with Crippen molar-refractivity contribution in [1.29, 1.82) is 0 Å². The van der Waals surface area contributed by atoms with Gasteiger partial charge in [0.1, 0.15) is 18.3 Å². The summed E-state index contributed by atoms with van der Waals surface area (Å²) >= 11 is 0. The lowest BCUT2D eigenvalue weighted by Gasteiger charge is -2.12. The molecule has 0 aliphatic rings. The summed E-state index contributed by atoms with van der Waals surface area (Å²) in [6.45, 7) is 0.406. The summed E-state index contributed by atoms with van der Waals surface area (Å²) in [4.78, 5) is 11.2. The molecule has 18 heavy (non-hydrogen) atoms. The summed E-state index contributed by atoms with van der Waals surface area (Å²) in [5.74, 6) is -0.853. The van der Waals surface area contributed by atoms with E-state index in [9.17, 15) is 9.90 Å². The van der Waals surface area contributed by atoms with E-state index in [2.05, 4.69) is 0 Å². The number of hydrogen-bond donors (Lipinski definition) is 1. The normalized spacial score (nSPS) is 12.2. The van der Waals surface area contributed by atoms with Crippen molar-refractivity contribution in [3.05, 3.63) is 60.1 Å². The van der Waals surface area contributed by atoms with Crippen LogP contribution in [0.3, 0.4) is 0 Å². The Morgan fingerprint density at radius 3 is 2.61 bits per heavy atom. The number of ether oxygens (including phenoxy) is 1. The molecule has 2 rings (SSSR count). The number of furan rings is 1. The van der Waals surface area contributed by atoms with Gasteiger partial charge in [0.25, 0.3) is 0 Å². The van der Waals surface area contributed by atoms with Crippen molar-refractivity contribution in [3.63, 3.8) is 0 Å². The molecule has 0 amide bonds. The molecule has 4 heteroatoms. The van der Waals surface area contributed by atoms with Gasteiger partial charge >= 0.3 is 5.97 Å². The Balaban J connectivity index is 1.93. The molecule has 94 valence electrons. The highest BCUT2D eigenvalue weighted by Gasteiger charge is 2.19. The van der Waals surface area contributed by atoms with E-state index in [4.69, 9.17) is 9.15 Å². The molecule has 1 aromatic heterocycles. The highest BCUT2D eigenvalue weighted by Crippen LogP contribution is 2.17. The lowest BCUT2D eigenvalue weighted by molar-refractivity contribution is -0.140. The van der Waals surface area contributed by atoms with Crippen molar-refractivity contribution >= 4 is 5.97 Å². The number of aliphatic carboxylic acids is 1. The summed E-state index contributed by atoms with van der Waals surface area (Å²) in [6.07, 6.45) is 1.56. The molecule has 0 fully saturated rings. The van der Waals surface area contributed by atoms with E-state index in [-0.39, 0.29) is 13.2 Å². The largest absolute Gasteiger partial charge is 0.481 e. The molecule has 1 unspecified atom stereocenters. The van der Waals surface area contributed by atoms with E-state index in [0.29, 0.717) is 5.76 Å². The van der Waals surface area contributed by atoms with E-state index < -0.39 is 11.9 Å². The molecule has 0 aliphatic carbocycles. The zero-order chi connectivity index (χ0) is 12.8. The molecule has 2 aromatic rings. The summed E-state index contributed by atoms with van der Waals surface area (Å²) in [5.41, 5.74) is 0.740. The standard InChI is InChI=1S/C14H14O4/c15-14(16)13(11-5-2-1-3-6-11)10-17-9-12-7-4-8-18-12/h1-8,13H,9-10H2,(H,15,16). The van der Waals surface area contributed by atoms with Crippen molar-refractivity contribution in [2.45, 2.75) is 12.5 Å². The minimum Gasteiger partial charge on any atom is -0.481 e. The maximum atomic E-state index is 11.2. The molecule has 4 nitrogen and oxygen atoms in total. The van der Waals surface area contributed by atoms with Gasteiger partial charge < -0.3 is 14.3 Å². The molecule has 1 N–H and O–H groups in total. The Kier molecular flexibility index (Phi) is 4.15. The average Bonchev–Trinajstić information content (AvgIpc) is 2.88. The van der Waals surface area contributed by atoms with Crippen LogP contribution in [0.4, 0.5) is 0 Å². The molecule has 0 bridgehead atoms. The number of carboxylic acids is 1. The maximum Gasteiger partial charge on any atom is 0.313 e. The van der Waals surface area contributed by atoms with Crippen LogP contribution in [0.1, 0.15) is 17.2 Å². The number of hydrogen-bond acceptors (Lipinski definition) is 3. The second-order valence-electron chi connectivity index (χ2n) is 3.90. The molecule has 0 saturated heterocycles. The Morgan fingerprint density at radius 2 is 2.00 bits per heavy atom. The van der Waals surface area contributed by atoms with Crippen molar-refractivity contribution in [3.8, 4) is 0 Å². The highest BCUT2D eigenvalue weighted by molar-refractivity contribution is 5.76. The lowest BCUT2D eigenvalue weighted by Crippen LogP contribution is -2.17. The van der Waals surface area contributed by atoms with Gasteiger partial charge in [0.05, 0.1) is 12.9 Å². The monoisotopic (exact) mass is 246 g/mol. The fraction of sp³-hybridized carbons (Fsp3) is 0.214. The van der Waals surface area contributed by atoms with Crippen LogP contribution in [0.25, 0.3) is 0 Å². The number of carboxylic acid groups (broad SMARTS) is 1. The minimum absolute atomic E-state index is 0.125. The van der Waals surface area contributed by atoms with Crippen LogP contribution in [-0.2, 0) is 16.1 Å². The van der Waals surface area contributed by atoms with Crippen LogP contribution >= 0.6 is 0 Å². The molecule has 0 radical (unpaired) electrons. The van der Waals surface area contributed by atoms with Gasteiger partial charge in [-0.2, -0.15) is 0 Å². The highest BCUT2D eigenvalue weighted by atomic mass is 16.5. The third kappa shape index (κ3) is 3.21. The number of benzene rings is 1.